The molecule has 0 radical (unpaired) electrons. The molecule has 0 aliphatic carbocycles. The largest absolute Gasteiger partial charge is 0.536 e. The Hall–Kier alpha value is -2.19. The number of allylic oxidation sites excluding steroid dienone is 1. The second kappa shape index (κ2) is 17.9. The summed E-state index contributed by atoms with van der Waals surface area (Å²) in [5.41, 5.74) is 4.48. The fourth-order valence-corrected chi connectivity index (χ4v) is 10.6. The lowest BCUT2D eigenvalue weighted by Gasteiger charge is -2.52. The summed E-state index contributed by atoms with van der Waals surface area (Å²) in [5, 5.41) is 23.6. The molecule has 352 valence electrons. The maximum atomic E-state index is 15.0. The summed E-state index contributed by atoms with van der Waals surface area (Å²) in [6.45, 7) is 15.1. The number of aliphatic hydroxyl groups is 2. The molecule has 4 N–H and O–H groups in total. The van der Waals surface area contributed by atoms with Gasteiger partial charge in [-0.2, -0.15) is 0 Å². The maximum Gasteiger partial charge on any atom is 0.536 e. The predicted octanol–water partition coefficient (Wildman–Crippen LogP) is 4.89. The first-order chi connectivity index (χ1) is 29.0. The van der Waals surface area contributed by atoms with Crippen LogP contribution in [0.5, 0.6) is 0 Å². The summed E-state index contributed by atoms with van der Waals surface area (Å²) in [6.07, 6.45) is -0.362. The minimum absolute atomic E-state index is 0.142. The third-order valence-corrected chi connectivity index (χ3v) is 15.5. The quantitative estimate of drug-likeness (QED) is 0.149. The summed E-state index contributed by atoms with van der Waals surface area (Å²) < 4.78 is 66.0. The van der Waals surface area contributed by atoms with Crippen LogP contribution in [0.3, 0.4) is 0 Å². The smallest absolute Gasteiger partial charge is 0.504 e. The zero-order valence-corrected chi connectivity index (χ0v) is 38.4. The topological polar surface area (TPSA) is 210 Å². The van der Waals surface area contributed by atoms with Crippen LogP contribution in [0.2, 0.25) is 0 Å². The summed E-state index contributed by atoms with van der Waals surface area (Å²) in [7, 11) is 0. The van der Waals surface area contributed by atoms with Crippen molar-refractivity contribution in [2.75, 3.05) is 0 Å². The van der Waals surface area contributed by atoms with Crippen molar-refractivity contribution in [3.05, 3.63) is 12.2 Å². The first kappa shape index (κ1) is 47.8. The van der Waals surface area contributed by atoms with Gasteiger partial charge in [0.25, 0.3) is 0 Å². The molecule has 6 saturated heterocycles. The van der Waals surface area contributed by atoms with Gasteiger partial charge in [-0.15, -0.1) is 0 Å². The number of carbonyl (C=O) groups is 3. The highest BCUT2D eigenvalue weighted by molar-refractivity contribution is 6.56. The molecule has 0 aromatic heterocycles. The molecule has 17 unspecified atom stereocenters. The van der Waals surface area contributed by atoms with E-state index < -0.39 is 126 Å². The number of hydrogen-bond acceptors (Lipinski definition) is 16. The molecule has 3 spiro atoms. The standard InChI is InChI=1S/C45H73BNO15/c1-24(2)36(47)39(50)54-27(5)30-16-12-11-13-17-32(48)42(7,8)34-21-19-26(4)45(57-34)38-41(52)56-31-23-29(53-28(31)6)15-14-18-33(49)43(9,10)35-22-20-25(3)44(58-35)37(40(51)55-30)59-46(60-38,61-44)62-45/h11-12,24-38,48-49H,13-23,47H2,1-10H3/q-1/b12-11+. The lowest BCUT2D eigenvalue weighted by molar-refractivity contribution is -0.311. The van der Waals surface area contributed by atoms with Gasteiger partial charge in [0, 0.05) is 35.5 Å². The molecule has 7 aliphatic rings. The van der Waals surface area contributed by atoms with E-state index in [0.717, 1.165) is 0 Å². The van der Waals surface area contributed by atoms with Crippen molar-refractivity contribution < 1.29 is 71.6 Å². The molecule has 16 nitrogen and oxygen atoms in total. The summed E-state index contributed by atoms with van der Waals surface area (Å²) in [4.78, 5) is 42.9. The molecule has 17 heteroatoms. The van der Waals surface area contributed by atoms with E-state index in [4.69, 9.17) is 52.8 Å². The number of cyclic esters (lactones) is 1. The molecule has 7 rings (SSSR count). The lowest BCUT2D eigenvalue weighted by Crippen LogP contribution is -2.61. The van der Waals surface area contributed by atoms with E-state index in [1.807, 2.05) is 74.5 Å². The molecule has 9 bridgehead atoms. The Kier molecular flexibility index (Phi) is 13.8. The third-order valence-electron chi connectivity index (χ3n) is 15.5. The average molecular weight is 879 g/mol. The number of carbonyl (C=O) groups excluding carboxylic acids is 3. The van der Waals surface area contributed by atoms with E-state index >= 15 is 4.79 Å². The molecule has 0 aromatic rings. The number of nitrogens with two attached hydrogens (primary N) is 1. The molecule has 7 heterocycles. The molecule has 7 aliphatic heterocycles. The Morgan fingerprint density at radius 2 is 1.34 bits per heavy atom. The van der Waals surface area contributed by atoms with Gasteiger partial charge in [0.15, 0.2) is 23.8 Å². The highest BCUT2D eigenvalue weighted by Gasteiger charge is 2.73. The van der Waals surface area contributed by atoms with E-state index in [1.165, 1.54) is 0 Å². The van der Waals surface area contributed by atoms with Gasteiger partial charge in [-0.05, 0) is 77.6 Å². The van der Waals surface area contributed by atoms with Gasteiger partial charge in [0.05, 0.1) is 36.6 Å². The summed E-state index contributed by atoms with van der Waals surface area (Å²) in [6, 6.07) is -0.902. The zero-order chi connectivity index (χ0) is 45.2. The second-order valence-corrected chi connectivity index (χ2v) is 20.9. The molecule has 0 amide bonds. The van der Waals surface area contributed by atoms with E-state index in [2.05, 4.69) is 0 Å². The highest BCUT2D eigenvalue weighted by atomic mass is 17.0. The van der Waals surface area contributed by atoms with Crippen LogP contribution in [-0.2, 0) is 61.4 Å². The molecule has 0 aromatic carbocycles. The number of fused-ring (bicyclic) bond motifs is 6. The van der Waals surface area contributed by atoms with Gasteiger partial charge in [0.1, 0.15) is 24.4 Å². The number of esters is 3. The first-order valence-electron chi connectivity index (χ1n) is 23.3. The molecule has 6 fully saturated rings. The molecular weight excluding hydrogens is 805 g/mol. The predicted molar refractivity (Wildman–Crippen MR) is 223 cm³/mol. The Balaban J connectivity index is 1.36. The second-order valence-electron chi connectivity index (χ2n) is 20.9. The zero-order valence-electron chi connectivity index (χ0n) is 38.4. The highest BCUT2D eigenvalue weighted by Crippen LogP contribution is 2.57. The van der Waals surface area contributed by atoms with Crippen molar-refractivity contribution in [3.8, 4) is 0 Å². The number of ether oxygens (including phenoxy) is 6. The fourth-order valence-electron chi connectivity index (χ4n) is 10.6. The van der Waals surface area contributed by atoms with Crippen molar-refractivity contribution in [2.45, 2.75) is 225 Å². The summed E-state index contributed by atoms with van der Waals surface area (Å²) in [5.74, 6) is -7.31. The Morgan fingerprint density at radius 1 is 0.790 bits per heavy atom. The first-order valence-corrected chi connectivity index (χ1v) is 23.3. The Morgan fingerprint density at radius 3 is 1.90 bits per heavy atom. The number of rotatable bonds is 4. The lowest BCUT2D eigenvalue weighted by atomic mass is 9.73. The molecular formula is C45H73BNO15-. The van der Waals surface area contributed by atoms with Crippen molar-refractivity contribution in [3.63, 3.8) is 0 Å². The van der Waals surface area contributed by atoms with Crippen LogP contribution in [0.15, 0.2) is 12.2 Å². The van der Waals surface area contributed by atoms with Crippen LogP contribution in [0.25, 0.3) is 0 Å². The van der Waals surface area contributed by atoms with Crippen molar-refractivity contribution in [1.29, 1.82) is 0 Å². The van der Waals surface area contributed by atoms with E-state index in [9.17, 15) is 19.8 Å². The Labute approximate surface area is 366 Å². The van der Waals surface area contributed by atoms with Crippen LogP contribution >= 0.6 is 0 Å². The van der Waals surface area contributed by atoms with E-state index in [0.29, 0.717) is 64.2 Å². The average Bonchev–Trinajstić information content (AvgIpc) is 3.84. The normalized spacial score (nSPS) is 46.3. The van der Waals surface area contributed by atoms with Gasteiger partial charge in [-0.3, -0.25) is 4.79 Å². The minimum atomic E-state index is -3.53. The fraction of sp³-hybridized carbons (Fsp3) is 0.889. The van der Waals surface area contributed by atoms with Crippen LogP contribution < -0.4 is 5.73 Å². The van der Waals surface area contributed by atoms with E-state index in [-0.39, 0.29) is 18.4 Å². The molecule has 0 saturated carbocycles. The summed E-state index contributed by atoms with van der Waals surface area (Å²) >= 11 is 0. The van der Waals surface area contributed by atoms with Crippen LogP contribution in [-0.4, -0.2) is 120 Å². The molecule has 62 heavy (non-hydrogen) atoms. The van der Waals surface area contributed by atoms with Gasteiger partial charge >= 0.3 is 24.9 Å². The monoisotopic (exact) mass is 879 g/mol. The SMILES string of the molecule is CC(C)C(N)C(=O)OC(C)C1C/C=C/CCC(O)C(C)(C)C2CCC(C)C3(O2)O[B-]24OC(C(=O)O1)C1(OC(CCC1C)C(C)(C)C(O)CCCC1CC(OC(=O)C3O2)C(C)O1)O4. The number of aliphatic hydroxyl groups excluding tert-OH is 2. The maximum absolute atomic E-state index is 15.0. The van der Waals surface area contributed by atoms with Crippen LogP contribution in [0.1, 0.15) is 140 Å². The van der Waals surface area contributed by atoms with Gasteiger partial charge < -0.3 is 63.0 Å². The van der Waals surface area contributed by atoms with Gasteiger partial charge in [0.2, 0.25) is 0 Å². The van der Waals surface area contributed by atoms with Crippen molar-refractivity contribution in [1.82, 2.24) is 0 Å². The van der Waals surface area contributed by atoms with Crippen molar-refractivity contribution >= 4 is 24.9 Å². The van der Waals surface area contributed by atoms with Gasteiger partial charge in [-0.25, -0.2) is 9.59 Å². The van der Waals surface area contributed by atoms with Crippen LogP contribution in [0, 0.1) is 28.6 Å². The van der Waals surface area contributed by atoms with Crippen molar-refractivity contribution in [2.24, 2.45) is 34.3 Å². The number of hydrogen-bond donors (Lipinski definition) is 3. The van der Waals surface area contributed by atoms with Crippen LogP contribution in [0.4, 0.5) is 0 Å². The van der Waals surface area contributed by atoms with Gasteiger partial charge in [-0.1, -0.05) is 67.5 Å². The van der Waals surface area contributed by atoms with E-state index in [1.54, 1.807) is 6.92 Å². The molecule has 17 atom stereocenters. The minimum Gasteiger partial charge on any atom is -0.504 e. The third kappa shape index (κ3) is 8.78. The Bertz CT molecular complexity index is 1680.